The van der Waals surface area contributed by atoms with Crippen LogP contribution in [0.5, 0.6) is 0 Å². The van der Waals surface area contributed by atoms with Crippen molar-refractivity contribution in [2.24, 2.45) is 7.05 Å². The molecule has 0 amide bonds. The minimum absolute atomic E-state index is 0.0665. The molecule has 19 heavy (non-hydrogen) atoms. The standard InChI is InChI=1S/C14H17ClIN3/c1-4-17-13(14-11(15)8-18-19(14)3)10-7-5-6-9(2)12(10)16/h5-8,13,17H,4H2,1-3H3. The van der Waals surface area contributed by atoms with Gasteiger partial charge in [0.05, 0.1) is 23.0 Å². The average Bonchev–Trinajstić information content (AvgIpc) is 2.70. The van der Waals surface area contributed by atoms with Crippen molar-refractivity contribution in [3.05, 3.63) is 49.8 Å². The lowest BCUT2D eigenvalue weighted by atomic mass is 10.0. The Hall–Kier alpha value is -0.590. The van der Waals surface area contributed by atoms with Gasteiger partial charge in [-0.1, -0.05) is 36.7 Å². The van der Waals surface area contributed by atoms with Gasteiger partial charge in [0.2, 0.25) is 0 Å². The number of rotatable bonds is 4. The topological polar surface area (TPSA) is 29.9 Å². The SMILES string of the molecule is CCNC(c1cccc(C)c1I)c1c(Cl)cnn1C. The van der Waals surface area contributed by atoms with E-state index in [0.717, 1.165) is 12.2 Å². The number of aromatic nitrogens is 2. The maximum atomic E-state index is 6.29. The van der Waals surface area contributed by atoms with Gasteiger partial charge in [-0.05, 0) is 47.2 Å². The quantitative estimate of drug-likeness (QED) is 0.808. The summed E-state index contributed by atoms with van der Waals surface area (Å²) in [6.45, 7) is 5.09. The van der Waals surface area contributed by atoms with Crippen LogP contribution in [-0.2, 0) is 7.05 Å². The van der Waals surface area contributed by atoms with Gasteiger partial charge in [0.25, 0.3) is 0 Å². The highest BCUT2D eigenvalue weighted by molar-refractivity contribution is 14.1. The van der Waals surface area contributed by atoms with Crippen molar-refractivity contribution in [3.8, 4) is 0 Å². The van der Waals surface area contributed by atoms with E-state index < -0.39 is 0 Å². The predicted octanol–water partition coefficient (Wildman–Crippen LogP) is 3.69. The number of halogens is 2. The third-order valence-electron chi connectivity index (χ3n) is 3.15. The number of aryl methyl sites for hydroxylation is 2. The first-order valence-corrected chi connectivity index (χ1v) is 7.67. The van der Waals surface area contributed by atoms with E-state index in [1.54, 1.807) is 6.20 Å². The average molecular weight is 390 g/mol. The van der Waals surface area contributed by atoms with Crippen molar-refractivity contribution in [1.82, 2.24) is 15.1 Å². The van der Waals surface area contributed by atoms with Gasteiger partial charge >= 0.3 is 0 Å². The Bertz CT molecular complexity index is 561. The molecule has 0 aliphatic rings. The smallest absolute Gasteiger partial charge is 0.0837 e. The van der Waals surface area contributed by atoms with E-state index in [9.17, 15) is 0 Å². The summed E-state index contributed by atoms with van der Waals surface area (Å²) in [5, 5.41) is 8.44. The van der Waals surface area contributed by atoms with Crippen LogP contribution in [0.3, 0.4) is 0 Å². The van der Waals surface area contributed by atoms with E-state index in [1.807, 2.05) is 11.7 Å². The Morgan fingerprint density at radius 2 is 2.21 bits per heavy atom. The molecule has 102 valence electrons. The molecular formula is C14H17ClIN3. The predicted molar refractivity (Wildman–Crippen MR) is 87.6 cm³/mol. The molecule has 0 radical (unpaired) electrons. The molecule has 1 heterocycles. The van der Waals surface area contributed by atoms with Crippen LogP contribution >= 0.6 is 34.2 Å². The second-order valence-corrected chi connectivity index (χ2v) is 5.96. The van der Waals surface area contributed by atoms with Crippen molar-refractivity contribution in [2.75, 3.05) is 6.54 Å². The van der Waals surface area contributed by atoms with Crippen LogP contribution < -0.4 is 5.32 Å². The van der Waals surface area contributed by atoms with Crippen molar-refractivity contribution >= 4 is 34.2 Å². The Morgan fingerprint density at radius 3 is 2.79 bits per heavy atom. The molecule has 1 aromatic carbocycles. The Labute approximate surface area is 132 Å². The van der Waals surface area contributed by atoms with Gasteiger partial charge < -0.3 is 5.32 Å². The normalized spacial score (nSPS) is 12.7. The fraction of sp³-hybridized carbons (Fsp3) is 0.357. The van der Waals surface area contributed by atoms with Gasteiger partial charge in [-0.25, -0.2) is 0 Å². The van der Waals surface area contributed by atoms with E-state index in [1.165, 1.54) is 14.7 Å². The van der Waals surface area contributed by atoms with Gasteiger partial charge in [0, 0.05) is 10.6 Å². The summed E-state index contributed by atoms with van der Waals surface area (Å²) in [4.78, 5) is 0. The van der Waals surface area contributed by atoms with Crippen LogP contribution in [0.15, 0.2) is 24.4 Å². The zero-order valence-corrected chi connectivity index (χ0v) is 14.2. The number of nitrogens with one attached hydrogen (secondary N) is 1. The van der Waals surface area contributed by atoms with Crippen molar-refractivity contribution in [1.29, 1.82) is 0 Å². The molecule has 5 heteroatoms. The summed E-state index contributed by atoms with van der Waals surface area (Å²) < 4.78 is 3.11. The maximum absolute atomic E-state index is 6.29. The molecule has 0 saturated heterocycles. The van der Waals surface area contributed by atoms with Gasteiger partial charge in [0.1, 0.15) is 0 Å². The zero-order valence-electron chi connectivity index (χ0n) is 11.2. The Kier molecular flexibility index (Phi) is 4.86. The zero-order chi connectivity index (χ0) is 14.0. The van der Waals surface area contributed by atoms with Gasteiger partial charge in [-0.3, -0.25) is 4.68 Å². The number of hydrogen-bond acceptors (Lipinski definition) is 2. The molecule has 1 unspecified atom stereocenters. The van der Waals surface area contributed by atoms with Crippen molar-refractivity contribution < 1.29 is 0 Å². The van der Waals surface area contributed by atoms with Gasteiger partial charge in [0.15, 0.2) is 0 Å². The first kappa shape index (κ1) is 14.8. The molecule has 0 fully saturated rings. The molecule has 1 aromatic heterocycles. The highest BCUT2D eigenvalue weighted by Gasteiger charge is 2.22. The lowest BCUT2D eigenvalue weighted by Gasteiger charge is -2.21. The molecule has 1 N–H and O–H groups in total. The summed E-state index contributed by atoms with van der Waals surface area (Å²) in [7, 11) is 1.92. The van der Waals surface area contributed by atoms with E-state index in [-0.39, 0.29) is 6.04 Å². The summed E-state index contributed by atoms with van der Waals surface area (Å²) in [6.07, 6.45) is 1.70. The summed E-state index contributed by atoms with van der Waals surface area (Å²) in [6, 6.07) is 6.42. The van der Waals surface area contributed by atoms with Crippen LogP contribution in [0, 0.1) is 10.5 Å². The van der Waals surface area contributed by atoms with Crippen molar-refractivity contribution in [3.63, 3.8) is 0 Å². The highest BCUT2D eigenvalue weighted by Crippen LogP contribution is 2.31. The summed E-state index contributed by atoms with van der Waals surface area (Å²) in [5.41, 5.74) is 3.53. The fourth-order valence-corrected chi connectivity index (χ4v) is 3.14. The van der Waals surface area contributed by atoms with E-state index >= 15 is 0 Å². The first-order valence-electron chi connectivity index (χ1n) is 6.22. The van der Waals surface area contributed by atoms with Gasteiger partial charge in [-0.15, -0.1) is 0 Å². The van der Waals surface area contributed by atoms with Gasteiger partial charge in [-0.2, -0.15) is 5.10 Å². The van der Waals surface area contributed by atoms with E-state index in [2.05, 4.69) is 65.1 Å². The van der Waals surface area contributed by atoms with E-state index in [4.69, 9.17) is 11.6 Å². The third-order valence-corrected chi connectivity index (χ3v) is 4.92. The third kappa shape index (κ3) is 2.95. The Balaban J connectivity index is 2.55. The number of nitrogens with zero attached hydrogens (tertiary/aromatic N) is 2. The van der Waals surface area contributed by atoms with Crippen LogP contribution in [0.1, 0.15) is 29.8 Å². The second kappa shape index (κ2) is 6.24. The molecule has 3 nitrogen and oxygen atoms in total. The monoisotopic (exact) mass is 389 g/mol. The molecule has 0 aliphatic carbocycles. The van der Waals surface area contributed by atoms with Crippen LogP contribution in [-0.4, -0.2) is 16.3 Å². The van der Waals surface area contributed by atoms with E-state index in [0.29, 0.717) is 5.02 Å². The molecular weight excluding hydrogens is 373 g/mol. The molecule has 1 atom stereocenters. The lowest BCUT2D eigenvalue weighted by Crippen LogP contribution is -2.25. The molecule has 0 bridgehead atoms. The van der Waals surface area contributed by atoms with Crippen molar-refractivity contribution in [2.45, 2.75) is 19.9 Å². The lowest BCUT2D eigenvalue weighted by molar-refractivity contribution is 0.571. The first-order chi connectivity index (χ1) is 9.06. The minimum Gasteiger partial charge on any atom is -0.305 e. The number of hydrogen-bond donors (Lipinski definition) is 1. The largest absolute Gasteiger partial charge is 0.305 e. The second-order valence-electron chi connectivity index (χ2n) is 4.47. The maximum Gasteiger partial charge on any atom is 0.0837 e. The summed E-state index contributed by atoms with van der Waals surface area (Å²) in [5.74, 6) is 0. The molecule has 0 spiro atoms. The Morgan fingerprint density at radius 1 is 1.47 bits per heavy atom. The summed E-state index contributed by atoms with van der Waals surface area (Å²) >= 11 is 8.69. The molecule has 2 rings (SSSR count). The molecule has 2 aromatic rings. The van der Waals surface area contributed by atoms with Crippen LogP contribution in [0.4, 0.5) is 0 Å². The molecule has 0 aliphatic heterocycles. The highest BCUT2D eigenvalue weighted by atomic mass is 127. The molecule has 0 saturated carbocycles. The number of benzene rings is 1. The fourth-order valence-electron chi connectivity index (χ4n) is 2.20. The van der Waals surface area contributed by atoms with Crippen LogP contribution in [0.25, 0.3) is 0 Å². The van der Waals surface area contributed by atoms with Crippen LogP contribution in [0.2, 0.25) is 5.02 Å². The minimum atomic E-state index is 0.0665.